The van der Waals surface area contributed by atoms with Gasteiger partial charge in [0, 0.05) is 11.6 Å². The Kier molecular flexibility index (Phi) is 0.967. The lowest BCUT2D eigenvalue weighted by Crippen LogP contribution is -2.28. The van der Waals surface area contributed by atoms with Gasteiger partial charge < -0.3 is 5.32 Å². The number of hydrogen-bond donors (Lipinski definition) is 1. The number of fused-ring (bicyclic) bond motifs is 1. The molecule has 1 N–H and O–H groups in total. The van der Waals surface area contributed by atoms with E-state index in [0.29, 0.717) is 11.8 Å². The van der Waals surface area contributed by atoms with E-state index in [2.05, 4.69) is 12.2 Å². The lowest BCUT2D eigenvalue weighted by Gasteiger charge is -2.14. The summed E-state index contributed by atoms with van der Waals surface area (Å²) in [5.74, 6) is 1.14. The maximum absolute atomic E-state index is 11.0. The van der Waals surface area contributed by atoms with E-state index >= 15 is 0 Å². The van der Waals surface area contributed by atoms with Gasteiger partial charge in [-0.15, -0.1) is 0 Å². The fourth-order valence-corrected chi connectivity index (χ4v) is 1.62. The summed E-state index contributed by atoms with van der Waals surface area (Å²) >= 11 is 0. The topological polar surface area (TPSA) is 29.1 Å². The van der Waals surface area contributed by atoms with Crippen LogP contribution in [0.5, 0.6) is 0 Å². The second kappa shape index (κ2) is 1.62. The second-order valence-corrected chi connectivity index (χ2v) is 3.25. The third-order valence-electron chi connectivity index (χ3n) is 2.59. The van der Waals surface area contributed by atoms with Crippen molar-refractivity contribution in [3.8, 4) is 0 Å². The quantitative estimate of drug-likeness (QED) is 0.531. The van der Waals surface area contributed by atoms with E-state index in [1.807, 2.05) is 6.92 Å². The first kappa shape index (κ1) is 5.96. The molecule has 1 aliphatic carbocycles. The van der Waals surface area contributed by atoms with Crippen LogP contribution in [0.25, 0.3) is 0 Å². The molecule has 2 rings (SSSR count). The van der Waals surface area contributed by atoms with Gasteiger partial charge in [0.25, 0.3) is 0 Å². The minimum absolute atomic E-state index is 0.230. The average Bonchev–Trinajstić information content (AvgIpc) is 2.61. The summed E-state index contributed by atoms with van der Waals surface area (Å²) in [4.78, 5) is 11.0. The fourth-order valence-electron chi connectivity index (χ4n) is 1.62. The molecule has 0 bridgehead atoms. The molecule has 0 unspecified atom stereocenters. The van der Waals surface area contributed by atoms with Crippen LogP contribution in [0.3, 0.4) is 0 Å². The monoisotopic (exact) mass is 137 g/mol. The molecule has 0 saturated heterocycles. The van der Waals surface area contributed by atoms with Gasteiger partial charge in [-0.1, -0.05) is 5.57 Å². The lowest BCUT2D eigenvalue weighted by atomic mass is 10.1. The maximum atomic E-state index is 11.0. The van der Waals surface area contributed by atoms with Crippen LogP contribution in [0.15, 0.2) is 11.3 Å². The summed E-state index contributed by atoms with van der Waals surface area (Å²) < 4.78 is 0. The number of amides is 1. The van der Waals surface area contributed by atoms with Gasteiger partial charge in [0.15, 0.2) is 0 Å². The zero-order valence-corrected chi connectivity index (χ0v) is 6.27. The van der Waals surface area contributed by atoms with Gasteiger partial charge in [0.2, 0.25) is 5.91 Å². The number of nitrogens with one attached hydrogen (secondary N) is 1. The van der Waals surface area contributed by atoms with Gasteiger partial charge in [-0.3, -0.25) is 4.79 Å². The van der Waals surface area contributed by atoms with Crippen molar-refractivity contribution >= 4 is 5.91 Å². The predicted octanol–water partition coefficient (Wildman–Crippen LogP) is 1.05. The van der Waals surface area contributed by atoms with Crippen LogP contribution in [0.4, 0.5) is 0 Å². The Morgan fingerprint density at radius 1 is 1.40 bits per heavy atom. The molecule has 2 heteroatoms. The van der Waals surface area contributed by atoms with Crippen LogP contribution in [0.2, 0.25) is 0 Å². The number of hydrogen-bond acceptors (Lipinski definition) is 1. The van der Waals surface area contributed by atoms with Crippen molar-refractivity contribution in [2.24, 2.45) is 11.8 Å². The molecule has 0 aromatic carbocycles. The molecule has 54 valence electrons. The molecule has 1 saturated carbocycles. The van der Waals surface area contributed by atoms with Crippen molar-refractivity contribution in [3.05, 3.63) is 11.3 Å². The second-order valence-electron chi connectivity index (χ2n) is 3.25. The van der Waals surface area contributed by atoms with E-state index < -0.39 is 0 Å². The van der Waals surface area contributed by atoms with Crippen molar-refractivity contribution in [2.75, 3.05) is 0 Å². The molecule has 1 amide bonds. The molecule has 0 aromatic heterocycles. The first-order valence-electron chi connectivity index (χ1n) is 3.68. The van der Waals surface area contributed by atoms with Gasteiger partial charge in [0.1, 0.15) is 0 Å². The molecule has 2 aliphatic rings. The molecule has 0 spiro atoms. The van der Waals surface area contributed by atoms with Gasteiger partial charge in [-0.05, 0) is 26.2 Å². The summed E-state index contributed by atoms with van der Waals surface area (Å²) in [6.45, 7) is 4.08. The van der Waals surface area contributed by atoms with E-state index in [4.69, 9.17) is 0 Å². The first-order chi connectivity index (χ1) is 4.70. The van der Waals surface area contributed by atoms with Crippen LogP contribution in [0.1, 0.15) is 20.3 Å². The highest BCUT2D eigenvalue weighted by Gasteiger charge is 2.47. The van der Waals surface area contributed by atoms with E-state index in [1.165, 1.54) is 5.57 Å². The van der Waals surface area contributed by atoms with Crippen LogP contribution < -0.4 is 5.32 Å². The molecule has 1 aliphatic heterocycles. The van der Waals surface area contributed by atoms with Crippen LogP contribution in [-0.2, 0) is 4.79 Å². The molecule has 0 radical (unpaired) electrons. The highest BCUT2D eigenvalue weighted by atomic mass is 16.2. The fraction of sp³-hybridized carbons (Fsp3) is 0.625. The normalized spacial score (nSPS) is 37.2. The smallest absolute Gasteiger partial charge is 0.227 e. The molecule has 2 nitrogen and oxygen atoms in total. The SMILES string of the molecule is CC1=C(C)[C@H]2C[C@H]2C(=O)N1. The summed E-state index contributed by atoms with van der Waals surface area (Å²) in [5.41, 5.74) is 2.45. The largest absolute Gasteiger partial charge is 0.330 e. The zero-order chi connectivity index (χ0) is 7.30. The number of rotatable bonds is 0. The molecule has 10 heavy (non-hydrogen) atoms. The third kappa shape index (κ3) is 0.618. The van der Waals surface area contributed by atoms with Crippen LogP contribution in [0, 0.1) is 11.8 Å². The Labute approximate surface area is 60.3 Å². The summed E-state index contributed by atoms with van der Waals surface area (Å²) in [6.07, 6.45) is 1.08. The van der Waals surface area contributed by atoms with Gasteiger partial charge in [-0.25, -0.2) is 0 Å². The van der Waals surface area contributed by atoms with E-state index in [1.54, 1.807) is 0 Å². The Bertz CT molecular complexity index is 229. The Morgan fingerprint density at radius 2 is 2.10 bits per heavy atom. The Balaban J connectivity index is 2.33. The van der Waals surface area contributed by atoms with Crippen LogP contribution in [-0.4, -0.2) is 5.91 Å². The van der Waals surface area contributed by atoms with Gasteiger partial charge >= 0.3 is 0 Å². The highest BCUT2D eigenvalue weighted by Crippen LogP contribution is 2.47. The van der Waals surface area contributed by atoms with Gasteiger partial charge in [0.05, 0.1) is 0 Å². The zero-order valence-electron chi connectivity index (χ0n) is 6.27. The van der Waals surface area contributed by atoms with Crippen molar-refractivity contribution in [2.45, 2.75) is 20.3 Å². The van der Waals surface area contributed by atoms with Crippen molar-refractivity contribution in [3.63, 3.8) is 0 Å². The highest BCUT2D eigenvalue weighted by molar-refractivity contribution is 5.85. The molecule has 0 aromatic rings. The van der Waals surface area contributed by atoms with Crippen molar-refractivity contribution in [1.82, 2.24) is 5.32 Å². The van der Waals surface area contributed by atoms with E-state index in [0.717, 1.165) is 12.1 Å². The average molecular weight is 137 g/mol. The Hall–Kier alpha value is -0.790. The number of carbonyl (C=O) groups excluding carboxylic acids is 1. The number of carbonyl (C=O) groups is 1. The summed E-state index contributed by atoms with van der Waals surface area (Å²) in [7, 11) is 0. The first-order valence-corrected chi connectivity index (χ1v) is 3.68. The molecule has 1 heterocycles. The van der Waals surface area contributed by atoms with Crippen molar-refractivity contribution < 1.29 is 4.79 Å². The van der Waals surface area contributed by atoms with E-state index in [-0.39, 0.29) is 5.91 Å². The minimum Gasteiger partial charge on any atom is -0.330 e. The lowest BCUT2D eigenvalue weighted by molar-refractivity contribution is -0.122. The Morgan fingerprint density at radius 3 is 2.80 bits per heavy atom. The van der Waals surface area contributed by atoms with Gasteiger partial charge in [-0.2, -0.15) is 0 Å². The summed E-state index contributed by atoms with van der Waals surface area (Å²) in [6, 6.07) is 0. The molecular weight excluding hydrogens is 126 g/mol. The minimum atomic E-state index is 0.230. The van der Waals surface area contributed by atoms with E-state index in [9.17, 15) is 4.79 Å². The molecule has 1 fully saturated rings. The molecular formula is C8H11NO. The maximum Gasteiger partial charge on any atom is 0.227 e. The number of allylic oxidation sites excluding steroid dienone is 2. The summed E-state index contributed by atoms with van der Waals surface area (Å²) in [5, 5.41) is 2.86. The van der Waals surface area contributed by atoms with Crippen LogP contribution >= 0.6 is 0 Å². The van der Waals surface area contributed by atoms with Crippen molar-refractivity contribution in [1.29, 1.82) is 0 Å². The molecule has 2 atom stereocenters. The predicted molar refractivity (Wildman–Crippen MR) is 38.1 cm³/mol. The standard InChI is InChI=1S/C8H11NO/c1-4-5(2)9-8(10)7-3-6(4)7/h6-7H,3H2,1-2H3,(H,9,10)/t6-,7-/m1/s1. The third-order valence-corrected chi connectivity index (χ3v) is 2.59.